The molecule has 0 saturated carbocycles. The van der Waals surface area contributed by atoms with Gasteiger partial charge in [-0.25, -0.2) is 0 Å². The molecule has 0 bridgehead atoms. The summed E-state index contributed by atoms with van der Waals surface area (Å²) in [5.41, 5.74) is 5.81. The lowest BCUT2D eigenvalue weighted by atomic mass is 9.98. The van der Waals surface area contributed by atoms with Gasteiger partial charge in [-0.1, -0.05) is 75.6 Å². The summed E-state index contributed by atoms with van der Waals surface area (Å²) < 4.78 is 0. The van der Waals surface area contributed by atoms with Crippen LogP contribution in [0.1, 0.15) is 26.3 Å². The zero-order valence-corrected chi connectivity index (χ0v) is 13.5. The first-order valence-electron chi connectivity index (χ1n) is 7.24. The van der Waals surface area contributed by atoms with E-state index < -0.39 is 0 Å². The van der Waals surface area contributed by atoms with Crippen molar-refractivity contribution in [2.45, 2.75) is 20.8 Å². The van der Waals surface area contributed by atoms with Crippen LogP contribution in [-0.4, -0.2) is 0 Å². The van der Waals surface area contributed by atoms with Gasteiger partial charge in [0.25, 0.3) is 0 Å². The maximum absolute atomic E-state index is 4.08. The molecule has 0 unspecified atom stereocenters. The highest BCUT2D eigenvalue weighted by Crippen LogP contribution is 2.37. The van der Waals surface area contributed by atoms with Gasteiger partial charge in [0.15, 0.2) is 0 Å². The monoisotopic (exact) mass is 278 g/mol. The second kappa shape index (κ2) is 10.4. The van der Waals surface area contributed by atoms with Crippen molar-refractivity contribution in [1.82, 2.24) is 0 Å². The molecule has 0 spiro atoms. The third-order valence-electron chi connectivity index (χ3n) is 2.87. The lowest BCUT2D eigenvalue weighted by Gasteiger charge is -2.05. The molecule has 1 aromatic rings. The van der Waals surface area contributed by atoms with E-state index in [1.165, 1.54) is 16.7 Å². The highest BCUT2D eigenvalue weighted by Gasteiger charge is 2.17. The fraction of sp³-hybridized carbons (Fsp3) is 0.143. The van der Waals surface area contributed by atoms with Crippen molar-refractivity contribution in [3.8, 4) is 0 Å². The van der Waals surface area contributed by atoms with Crippen LogP contribution < -0.4 is 0 Å². The predicted molar refractivity (Wildman–Crippen MR) is 98.2 cm³/mol. The molecule has 0 nitrogen and oxygen atoms in total. The van der Waals surface area contributed by atoms with Crippen molar-refractivity contribution in [2.75, 3.05) is 0 Å². The Kier molecular flexibility index (Phi) is 9.28. The summed E-state index contributed by atoms with van der Waals surface area (Å²) in [6, 6.07) is 10.4. The molecule has 2 rings (SSSR count). The minimum absolute atomic E-state index is 1.03. The molecule has 0 saturated heterocycles. The third kappa shape index (κ3) is 4.61. The first kappa shape index (κ1) is 18.7. The first-order chi connectivity index (χ1) is 10.3. The molecule has 0 atom stereocenters. The number of hydrogen-bond acceptors (Lipinski definition) is 0. The second-order valence-electron chi connectivity index (χ2n) is 3.98. The highest BCUT2D eigenvalue weighted by molar-refractivity contribution is 5.91. The Morgan fingerprint density at radius 3 is 2.00 bits per heavy atom. The smallest absolute Gasteiger partial charge is 0.00994 e. The lowest BCUT2D eigenvalue weighted by Crippen LogP contribution is -1.85. The average molecular weight is 278 g/mol. The predicted octanol–water partition coefficient (Wildman–Crippen LogP) is 6.53. The van der Waals surface area contributed by atoms with Crippen LogP contribution in [0.4, 0.5) is 0 Å². The summed E-state index contributed by atoms with van der Waals surface area (Å²) in [5, 5.41) is 0. The average Bonchev–Trinajstić information content (AvgIpc) is 2.88. The Morgan fingerprint density at radius 2 is 1.52 bits per heavy atom. The Balaban J connectivity index is 0.000000921. The van der Waals surface area contributed by atoms with Gasteiger partial charge in [0.05, 0.1) is 0 Å². The topological polar surface area (TPSA) is 0 Å². The van der Waals surface area contributed by atoms with Crippen molar-refractivity contribution in [3.05, 3.63) is 103 Å². The van der Waals surface area contributed by atoms with E-state index >= 15 is 0 Å². The van der Waals surface area contributed by atoms with E-state index in [9.17, 15) is 0 Å². The molecule has 0 N–H and O–H groups in total. The van der Waals surface area contributed by atoms with Crippen LogP contribution in [0, 0.1) is 0 Å². The molecule has 0 radical (unpaired) electrons. The molecule has 0 aromatic heterocycles. The lowest BCUT2D eigenvalue weighted by molar-refractivity contribution is 1.50. The van der Waals surface area contributed by atoms with Crippen molar-refractivity contribution >= 4 is 5.57 Å². The molecule has 0 fully saturated rings. The van der Waals surface area contributed by atoms with Crippen LogP contribution in [0.25, 0.3) is 5.57 Å². The van der Waals surface area contributed by atoms with Gasteiger partial charge in [0.1, 0.15) is 0 Å². The molecule has 0 heteroatoms. The summed E-state index contributed by atoms with van der Waals surface area (Å²) in [6.07, 6.45) is 8.17. The van der Waals surface area contributed by atoms with Crippen LogP contribution in [0.3, 0.4) is 0 Å². The number of rotatable bonds is 3. The molecular formula is C21H26. The molecule has 21 heavy (non-hydrogen) atoms. The number of allylic oxidation sites excluding steroid dienone is 8. The van der Waals surface area contributed by atoms with Crippen LogP contribution in [-0.2, 0) is 0 Å². The fourth-order valence-corrected chi connectivity index (χ4v) is 2.09. The van der Waals surface area contributed by atoms with Gasteiger partial charge in [-0.05, 0) is 40.9 Å². The SMILES string of the molecule is C=C.C=CC1=C(/C=C\C)C(c2ccccc2)=CC1=C.CC. The van der Waals surface area contributed by atoms with Crippen LogP contribution in [0.2, 0.25) is 0 Å². The molecule has 0 aliphatic heterocycles. The molecule has 1 aliphatic rings. The summed E-state index contributed by atoms with van der Waals surface area (Å²) in [6.45, 7) is 20.0. The van der Waals surface area contributed by atoms with Gasteiger partial charge >= 0.3 is 0 Å². The maximum Gasteiger partial charge on any atom is -0.00994 e. The Bertz CT molecular complexity index is 551. The van der Waals surface area contributed by atoms with Crippen LogP contribution in [0.15, 0.2) is 97.7 Å². The van der Waals surface area contributed by atoms with Crippen molar-refractivity contribution in [2.24, 2.45) is 0 Å². The number of benzene rings is 1. The minimum Gasteiger partial charge on any atom is -0.106 e. The standard InChI is InChI=1S/C17H16.C2H6.C2H4/c1-4-9-16-15(5-2)13(3)12-17(16)14-10-7-6-8-11-14;2*1-2/h4-12H,2-3H2,1H3;1-2H3;1-2H2/b9-4-;;. The van der Waals surface area contributed by atoms with Gasteiger partial charge in [-0.15, -0.1) is 13.2 Å². The van der Waals surface area contributed by atoms with Gasteiger partial charge in [-0.2, -0.15) is 0 Å². The van der Waals surface area contributed by atoms with Crippen molar-refractivity contribution in [1.29, 1.82) is 0 Å². The van der Waals surface area contributed by atoms with E-state index in [0.29, 0.717) is 0 Å². The number of hydrogen-bond donors (Lipinski definition) is 0. The summed E-state index contributed by atoms with van der Waals surface area (Å²) in [7, 11) is 0. The van der Waals surface area contributed by atoms with E-state index in [0.717, 1.165) is 11.1 Å². The Hall–Kier alpha value is -2.34. The zero-order valence-electron chi connectivity index (χ0n) is 13.5. The molecule has 1 aliphatic carbocycles. The van der Waals surface area contributed by atoms with E-state index in [1.807, 2.05) is 39.0 Å². The Labute approximate surface area is 130 Å². The minimum atomic E-state index is 1.03. The molecular weight excluding hydrogens is 252 g/mol. The molecule has 0 heterocycles. The van der Waals surface area contributed by atoms with Gasteiger partial charge in [0, 0.05) is 0 Å². The van der Waals surface area contributed by atoms with E-state index in [4.69, 9.17) is 0 Å². The van der Waals surface area contributed by atoms with Gasteiger partial charge in [-0.3, -0.25) is 0 Å². The van der Waals surface area contributed by atoms with Gasteiger partial charge in [0.2, 0.25) is 0 Å². The fourth-order valence-electron chi connectivity index (χ4n) is 2.09. The quantitative estimate of drug-likeness (QED) is 0.552. The molecule has 1 aromatic carbocycles. The van der Waals surface area contributed by atoms with E-state index in [-0.39, 0.29) is 0 Å². The highest BCUT2D eigenvalue weighted by atomic mass is 14.2. The Morgan fingerprint density at radius 1 is 0.952 bits per heavy atom. The van der Waals surface area contributed by atoms with Crippen LogP contribution >= 0.6 is 0 Å². The summed E-state index contributed by atoms with van der Waals surface area (Å²) >= 11 is 0. The largest absolute Gasteiger partial charge is 0.106 e. The normalized spacial score (nSPS) is 13.1. The third-order valence-corrected chi connectivity index (χ3v) is 2.87. The summed E-state index contributed by atoms with van der Waals surface area (Å²) in [4.78, 5) is 0. The van der Waals surface area contributed by atoms with Crippen molar-refractivity contribution < 1.29 is 0 Å². The van der Waals surface area contributed by atoms with E-state index in [2.05, 4.69) is 62.7 Å². The zero-order chi connectivity index (χ0) is 16.3. The first-order valence-corrected chi connectivity index (χ1v) is 7.24. The van der Waals surface area contributed by atoms with Crippen LogP contribution in [0.5, 0.6) is 0 Å². The van der Waals surface area contributed by atoms with Gasteiger partial charge < -0.3 is 0 Å². The van der Waals surface area contributed by atoms with E-state index in [1.54, 1.807) is 0 Å². The molecule has 110 valence electrons. The molecule has 0 amide bonds. The second-order valence-corrected chi connectivity index (χ2v) is 3.98. The summed E-state index contributed by atoms with van der Waals surface area (Å²) in [5.74, 6) is 0. The maximum atomic E-state index is 4.08. The van der Waals surface area contributed by atoms with Crippen molar-refractivity contribution in [3.63, 3.8) is 0 Å².